The summed E-state index contributed by atoms with van der Waals surface area (Å²) in [5.41, 5.74) is 0.418. The summed E-state index contributed by atoms with van der Waals surface area (Å²) in [4.78, 5) is 12.4. The Hall–Kier alpha value is -1.33. The summed E-state index contributed by atoms with van der Waals surface area (Å²) in [5, 5.41) is 9.17. The molecule has 0 aliphatic rings. The van der Waals surface area contributed by atoms with Gasteiger partial charge in [-0.05, 0) is 31.5 Å². The highest BCUT2D eigenvalue weighted by molar-refractivity contribution is 7.99. The van der Waals surface area contributed by atoms with E-state index in [2.05, 4.69) is 10.2 Å². The fraction of sp³-hybridized carbons (Fsp3) is 0.357. The minimum absolute atomic E-state index is 0.146. The highest BCUT2D eigenvalue weighted by Gasteiger charge is 2.29. The molecule has 1 heterocycles. The molecule has 0 N–H and O–H groups in total. The number of rotatable bonds is 5. The third kappa shape index (κ3) is 3.22. The fourth-order valence-corrected chi connectivity index (χ4v) is 2.84. The molecule has 0 amide bonds. The van der Waals surface area contributed by atoms with Gasteiger partial charge in [-0.1, -0.05) is 35.5 Å². The predicted octanol–water partition coefficient (Wildman–Crippen LogP) is 3.11. The Bertz CT molecular complexity index is 607. The predicted molar refractivity (Wildman–Crippen MR) is 81.2 cm³/mol. The molecule has 2 aromatic rings. The Morgan fingerprint density at radius 3 is 2.55 bits per heavy atom. The van der Waals surface area contributed by atoms with E-state index in [9.17, 15) is 4.79 Å². The molecule has 0 fully saturated rings. The summed E-state index contributed by atoms with van der Waals surface area (Å²) in [6.07, 6.45) is 1.62. The van der Waals surface area contributed by atoms with Crippen molar-refractivity contribution >= 4 is 29.1 Å². The van der Waals surface area contributed by atoms with E-state index >= 15 is 0 Å². The summed E-state index contributed by atoms with van der Waals surface area (Å²) in [6.45, 7) is 3.85. The van der Waals surface area contributed by atoms with Crippen molar-refractivity contribution in [2.24, 2.45) is 7.05 Å². The number of hydrogen-bond acceptors (Lipinski definition) is 4. The van der Waals surface area contributed by atoms with Gasteiger partial charge in [0, 0.05) is 17.5 Å². The minimum atomic E-state index is -0.545. The number of Topliss-reactive ketones (excluding diaryl/α,β-unsaturated/α-hetero) is 1. The van der Waals surface area contributed by atoms with Crippen LogP contribution in [-0.2, 0) is 17.3 Å². The van der Waals surface area contributed by atoms with Crippen LogP contribution in [0.4, 0.5) is 0 Å². The SMILES string of the molecule is Cn1cnnc1SCC(=O)C(C)(C)c1ccc(Cl)cc1. The van der Waals surface area contributed by atoms with Crippen LogP contribution >= 0.6 is 23.4 Å². The van der Waals surface area contributed by atoms with Crippen LogP contribution in [-0.4, -0.2) is 26.3 Å². The third-order valence-electron chi connectivity index (χ3n) is 3.27. The molecule has 0 atom stereocenters. The van der Waals surface area contributed by atoms with Gasteiger partial charge < -0.3 is 4.57 Å². The Kier molecular flexibility index (Phi) is 4.50. The van der Waals surface area contributed by atoms with Crippen LogP contribution in [0.1, 0.15) is 19.4 Å². The number of halogens is 1. The van der Waals surface area contributed by atoms with Crippen molar-refractivity contribution in [2.75, 3.05) is 5.75 Å². The van der Waals surface area contributed by atoms with Gasteiger partial charge in [0.1, 0.15) is 6.33 Å². The van der Waals surface area contributed by atoms with Gasteiger partial charge >= 0.3 is 0 Å². The van der Waals surface area contributed by atoms with Crippen molar-refractivity contribution in [3.8, 4) is 0 Å². The second-order valence-electron chi connectivity index (χ2n) is 5.07. The van der Waals surface area contributed by atoms with Crippen LogP contribution < -0.4 is 0 Å². The van der Waals surface area contributed by atoms with Gasteiger partial charge in [0.15, 0.2) is 10.9 Å². The van der Waals surface area contributed by atoms with Gasteiger partial charge in [-0.2, -0.15) is 0 Å². The molecule has 0 unspecified atom stereocenters. The lowest BCUT2D eigenvalue weighted by Crippen LogP contribution is -2.30. The van der Waals surface area contributed by atoms with Gasteiger partial charge in [0.05, 0.1) is 5.75 Å². The molecule has 0 aliphatic carbocycles. The van der Waals surface area contributed by atoms with E-state index < -0.39 is 5.41 Å². The first-order valence-corrected chi connectivity index (χ1v) is 7.54. The number of carbonyl (C=O) groups is 1. The van der Waals surface area contributed by atoms with Gasteiger partial charge in [0.2, 0.25) is 0 Å². The zero-order valence-electron chi connectivity index (χ0n) is 11.6. The van der Waals surface area contributed by atoms with Crippen LogP contribution in [0.25, 0.3) is 0 Å². The maximum absolute atomic E-state index is 12.4. The standard InChI is InChI=1S/C14H16ClN3OS/c1-14(2,10-4-6-11(15)7-5-10)12(19)8-20-13-17-16-9-18(13)3/h4-7,9H,8H2,1-3H3. The van der Waals surface area contributed by atoms with Crippen LogP contribution in [0.2, 0.25) is 5.02 Å². The molecule has 1 aromatic heterocycles. The molecular weight excluding hydrogens is 294 g/mol. The number of carbonyl (C=O) groups excluding carboxylic acids is 1. The smallest absolute Gasteiger partial charge is 0.191 e. The maximum atomic E-state index is 12.4. The quantitative estimate of drug-likeness (QED) is 0.796. The number of aryl methyl sites for hydroxylation is 1. The third-order valence-corrected chi connectivity index (χ3v) is 4.55. The number of hydrogen-bond donors (Lipinski definition) is 0. The van der Waals surface area contributed by atoms with Gasteiger partial charge in [-0.3, -0.25) is 4.79 Å². The van der Waals surface area contributed by atoms with Crippen molar-refractivity contribution in [3.05, 3.63) is 41.2 Å². The molecule has 2 rings (SSSR count). The lowest BCUT2D eigenvalue weighted by molar-refractivity contribution is -0.120. The average molecular weight is 310 g/mol. The molecular formula is C14H16ClN3OS. The molecule has 0 radical (unpaired) electrons. The molecule has 4 nitrogen and oxygen atoms in total. The van der Waals surface area contributed by atoms with Crippen LogP contribution in [0.3, 0.4) is 0 Å². The monoisotopic (exact) mass is 309 g/mol. The summed E-state index contributed by atoms with van der Waals surface area (Å²) >= 11 is 7.28. The van der Waals surface area contributed by atoms with Gasteiger partial charge in [-0.25, -0.2) is 0 Å². The Labute approximate surface area is 127 Å². The van der Waals surface area contributed by atoms with Gasteiger partial charge in [0.25, 0.3) is 0 Å². The largest absolute Gasteiger partial charge is 0.312 e. The van der Waals surface area contributed by atoms with Crippen molar-refractivity contribution in [3.63, 3.8) is 0 Å². The number of thioether (sulfide) groups is 1. The van der Waals surface area contributed by atoms with E-state index in [1.807, 2.05) is 45.2 Å². The first-order chi connectivity index (χ1) is 9.41. The number of ketones is 1. The molecule has 0 spiro atoms. The second kappa shape index (κ2) is 5.97. The van der Waals surface area contributed by atoms with Gasteiger partial charge in [-0.15, -0.1) is 10.2 Å². The molecule has 0 saturated carbocycles. The topological polar surface area (TPSA) is 47.8 Å². The van der Waals surface area contributed by atoms with Crippen LogP contribution in [0.5, 0.6) is 0 Å². The molecule has 106 valence electrons. The summed E-state index contributed by atoms with van der Waals surface area (Å²) in [7, 11) is 1.86. The molecule has 20 heavy (non-hydrogen) atoms. The van der Waals surface area contributed by atoms with E-state index in [0.717, 1.165) is 10.7 Å². The van der Waals surface area contributed by atoms with Crippen LogP contribution in [0, 0.1) is 0 Å². The maximum Gasteiger partial charge on any atom is 0.191 e. The highest BCUT2D eigenvalue weighted by atomic mass is 35.5. The Morgan fingerprint density at radius 2 is 2.00 bits per heavy atom. The first kappa shape index (κ1) is 15.1. The summed E-state index contributed by atoms with van der Waals surface area (Å²) in [5.74, 6) is 0.509. The first-order valence-electron chi connectivity index (χ1n) is 6.17. The van der Waals surface area contributed by atoms with Crippen molar-refractivity contribution in [1.82, 2.24) is 14.8 Å². The Balaban J connectivity index is 2.07. The summed E-state index contributed by atoms with van der Waals surface area (Å²) in [6, 6.07) is 7.41. The van der Waals surface area contributed by atoms with Crippen molar-refractivity contribution in [1.29, 1.82) is 0 Å². The minimum Gasteiger partial charge on any atom is -0.312 e. The number of aromatic nitrogens is 3. The fourth-order valence-electron chi connectivity index (χ4n) is 1.74. The summed E-state index contributed by atoms with van der Waals surface area (Å²) < 4.78 is 1.80. The van der Waals surface area contributed by atoms with Crippen molar-refractivity contribution in [2.45, 2.75) is 24.4 Å². The van der Waals surface area contributed by atoms with Crippen molar-refractivity contribution < 1.29 is 4.79 Å². The Morgan fingerprint density at radius 1 is 1.35 bits per heavy atom. The molecule has 6 heteroatoms. The van der Waals surface area contributed by atoms with E-state index in [-0.39, 0.29) is 5.78 Å². The molecule has 1 aromatic carbocycles. The lowest BCUT2D eigenvalue weighted by Gasteiger charge is -2.23. The van der Waals surface area contributed by atoms with E-state index in [1.165, 1.54) is 11.8 Å². The lowest BCUT2D eigenvalue weighted by atomic mass is 9.81. The van der Waals surface area contributed by atoms with E-state index in [4.69, 9.17) is 11.6 Å². The average Bonchev–Trinajstić information content (AvgIpc) is 2.82. The normalized spacial score (nSPS) is 11.6. The number of nitrogens with zero attached hydrogens (tertiary/aromatic N) is 3. The number of benzene rings is 1. The van der Waals surface area contributed by atoms with E-state index in [1.54, 1.807) is 10.9 Å². The van der Waals surface area contributed by atoms with Crippen LogP contribution in [0.15, 0.2) is 35.7 Å². The zero-order valence-corrected chi connectivity index (χ0v) is 13.2. The molecule has 0 saturated heterocycles. The van der Waals surface area contributed by atoms with E-state index in [0.29, 0.717) is 10.8 Å². The molecule has 0 bridgehead atoms. The zero-order chi connectivity index (χ0) is 14.8. The highest BCUT2D eigenvalue weighted by Crippen LogP contribution is 2.28. The molecule has 0 aliphatic heterocycles. The second-order valence-corrected chi connectivity index (χ2v) is 6.45.